The second-order valence-corrected chi connectivity index (χ2v) is 17.5. The lowest BCUT2D eigenvalue weighted by atomic mass is 9.47. The molecule has 2 amide bonds. The molecule has 8 atom stereocenters. The molecule has 4 aliphatic carbocycles. The Kier molecular flexibility index (Phi) is 15.9. The van der Waals surface area contributed by atoms with E-state index in [1.54, 1.807) is 13.8 Å². The summed E-state index contributed by atoms with van der Waals surface area (Å²) in [5, 5.41) is 2.92. The minimum Gasteiger partial charge on any atom is -0.466 e. The summed E-state index contributed by atoms with van der Waals surface area (Å²) < 4.78 is 15.9. The fourth-order valence-electron chi connectivity index (χ4n) is 11.0. The summed E-state index contributed by atoms with van der Waals surface area (Å²) in [5.41, 5.74) is 2.25. The Hall–Kier alpha value is -2.58. The molecular formula is C43H74N2O7. The first-order valence-corrected chi connectivity index (χ1v) is 21.0. The van der Waals surface area contributed by atoms with E-state index in [-0.39, 0.29) is 64.1 Å². The number of allylic oxidation sites excluding steroid dienone is 1. The van der Waals surface area contributed by atoms with Crippen LogP contribution in [0.3, 0.4) is 0 Å². The molecule has 0 spiro atoms. The molecule has 0 aliphatic heterocycles. The van der Waals surface area contributed by atoms with Gasteiger partial charge in [-0.3, -0.25) is 14.4 Å². The van der Waals surface area contributed by atoms with Crippen LogP contribution in [0.1, 0.15) is 153 Å². The molecule has 0 radical (unpaired) electrons. The average molecular weight is 731 g/mol. The molecule has 4 rings (SSSR count). The first-order chi connectivity index (χ1) is 24.8. The summed E-state index contributed by atoms with van der Waals surface area (Å²) in [7, 11) is 0. The molecule has 298 valence electrons. The molecule has 0 aromatic rings. The molecular weight excluding hydrogens is 656 g/mol. The smallest absolute Gasteiger partial charge is 0.407 e. The number of amides is 2. The average Bonchev–Trinajstić information content (AvgIpc) is 3.45. The van der Waals surface area contributed by atoms with Crippen molar-refractivity contribution < 1.29 is 34.8 Å². The Morgan fingerprint density at radius 3 is 2.37 bits per heavy atom. The normalized spacial score (nSPS) is 29.9. The number of nitrogens with one attached hydrogen (secondary N) is 1. The van der Waals surface area contributed by atoms with Crippen LogP contribution in [0, 0.1) is 46.3 Å². The van der Waals surface area contributed by atoms with Crippen molar-refractivity contribution in [2.45, 2.75) is 157 Å². The van der Waals surface area contributed by atoms with Crippen LogP contribution < -0.4 is 5.32 Å². The zero-order chi connectivity index (χ0) is 37.9. The highest BCUT2D eigenvalue weighted by Crippen LogP contribution is 2.67. The monoisotopic (exact) mass is 731 g/mol. The van der Waals surface area contributed by atoms with Gasteiger partial charge in [0.15, 0.2) is 0 Å². The molecule has 9 nitrogen and oxygen atoms in total. The van der Waals surface area contributed by atoms with Crippen molar-refractivity contribution in [3.05, 3.63) is 11.6 Å². The Balaban J connectivity index is 0.00000756. The quantitative estimate of drug-likeness (QED) is 0.0611. The maximum Gasteiger partial charge on any atom is 0.407 e. The number of carbonyl (C=O) groups is 4. The van der Waals surface area contributed by atoms with Gasteiger partial charge in [-0.25, -0.2) is 4.79 Å². The van der Waals surface area contributed by atoms with E-state index < -0.39 is 11.9 Å². The molecule has 5 unspecified atom stereocenters. The van der Waals surface area contributed by atoms with E-state index in [1.807, 2.05) is 0 Å². The molecule has 52 heavy (non-hydrogen) atoms. The SMILES string of the molecule is CCOC(=O)CCN(CC(=O)OCC)C(=O)CCCCCNC(=O)O[C@H]1CC[C@@]2(C)C(=CCC3C4CC[C@H](C(C)CCCC(C)C)C4(C)CCC32)C1.[HH]. The second kappa shape index (κ2) is 19.7. The van der Waals surface area contributed by atoms with E-state index >= 15 is 0 Å². The van der Waals surface area contributed by atoms with Crippen molar-refractivity contribution in [2.24, 2.45) is 46.3 Å². The Morgan fingerprint density at radius 2 is 1.63 bits per heavy atom. The first kappa shape index (κ1) is 42.2. The Labute approximate surface area is 316 Å². The van der Waals surface area contributed by atoms with E-state index in [9.17, 15) is 19.2 Å². The van der Waals surface area contributed by atoms with Crippen LogP contribution in [-0.4, -0.2) is 67.8 Å². The predicted molar refractivity (Wildman–Crippen MR) is 206 cm³/mol. The Morgan fingerprint density at radius 1 is 0.885 bits per heavy atom. The molecule has 3 fully saturated rings. The fourth-order valence-corrected chi connectivity index (χ4v) is 11.0. The van der Waals surface area contributed by atoms with Crippen LogP contribution in [0.4, 0.5) is 4.79 Å². The van der Waals surface area contributed by atoms with Crippen molar-refractivity contribution in [1.29, 1.82) is 0 Å². The molecule has 0 heterocycles. The first-order valence-electron chi connectivity index (χ1n) is 21.0. The van der Waals surface area contributed by atoms with Crippen molar-refractivity contribution in [2.75, 3.05) is 32.8 Å². The highest BCUT2D eigenvalue weighted by Gasteiger charge is 2.59. The predicted octanol–water partition coefficient (Wildman–Crippen LogP) is 9.27. The van der Waals surface area contributed by atoms with Gasteiger partial charge in [-0.15, -0.1) is 0 Å². The number of unbranched alkanes of at least 4 members (excludes halogenated alkanes) is 2. The molecule has 1 N–H and O–H groups in total. The third kappa shape index (κ3) is 10.8. The summed E-state index contributed by atoms with van der Waals surface area (Å²) in [6.45, 7) is 16.8. The lowest BCUT2D eigenvalue weighted by Gasteiger charge is -2.58. The number of nitrogens with zero attached hydrogens (tertiary/aromatic N) is 1. The van der Waals surface area contributed by atoms with Gasteiger partial charge in [0.05, 0.1) is 19.6 Å². The third-order valence-electron chi connectivity index (χ3n) is 13.7. The van der Waals surface area contributed by atoms with E-state index in [0.717, 1.165) is 67.6 Å². The molecule has 3 saturated carbocycles. The molecule has 9 heteroatoms. The van der Waals surface area contributed by atoms with Crippen molar-refractivity contribution in [1.82, 2.24) is 10.2 Å². The number of hydrogen-bond acceptors (Lipinski definition) is 7. The summed E-state index contributed by atoms with van der Waals surface area (Å²) >= 11 is 0. The topological polar surface area (TPSA) is 111 Å². The van der Waals surface area contributed by atoms with Gasteiger partial charge < -0.3 is 24.4 Å². The van der Waals surface area contributed by atoms with Crippen molar-refractivity contribution in [3.63, 3.8) is 0 Å². The maximum absolute atomic E-state index is 12.8. The summed E-state index contributed by atoms with van der Waals surface area (Å²) in [6, 6.07) is 0. The molecule has 0 aromatic heterocycles. The number of alkyl carbamates (subject to hydrolysis) is 1. The largest absolute Gasteiger partial charge is 0.466 e. The third-order valence-corrected chi connectivity index (χ3v) is 13.7. The highest BCUT2D eigenvalue weighted by molar-refractivity contribution is 5.82. The van der Waals surface area contributed by atoms with Gasteiger partial charge in [0.1, 0.15) is 12.6 Å². The minimum absolute atomic E-state index is 0. The molecule has 4 aliphatic rings. The summed E-state index contributed by atoms with van der Waals surface area (Å²) in [6.07, 6.45) is 18.2. The van der Waals surface area contributed by atoms with Crippen LogP contribution in [0.5, 0.6) is 0 Å². The molecule has 0 saturated heterocycles. The number of carbonyl (C=O) groups excluding carboxylic acids is 4. The number of ether oxygens (including phenoxy) is 3. The van der Waals surface area contributed by atoms with Crippen LogP contribution >= 0.6 is 0 Å². The van der Waals surface area contributed by atoms with Gasteiger partial charge in [0.25, 0.3) is 0 Å². The highest BCUT2D eigenvalue weighted by atomic mass is 16.6. The minimum atomic E-state index is -0.495. The van der Waals surface area contributed by atoms with E-state index in [4.69, 9.17) is 14.2 Å². The van der Waals surface area contributed by atoms with Crippen LogP contribution in [0.15, 0.2) is 11.6 Å². The fraction of sp³-hybridized carbons (Fsp3) is 0.860. The number of rotatable bonds is 19. The van der Waals surface area contributed by atoms with E-state index in [1.165, 1.54) is 61.8 Å². The standard InChI is InChI=1S/C43H72N2O7.H2/c1-8-50-39(47)23-27-45(29-40(48)51-9-2)38(46)16-11-10-12-26-44-41(49)52-33-21-24-42(6)32(28-33)17-18-34-36-20-19-35(31(5)15-13-14-30(3)4)43(36,7)25-22-37(34)42;/h17,30-31,33-37H,8-16,18-29H2,1-7H3,(H,44,49);1H/t31?,33-,34?,35+,36?,37?,42-,43?;/m0./s1. The molecule has 0 aromatic carbocycles. The second-order valence-electron chi connectivity index (χ2n) is 17.5. The van der Waals surface area contributed by atoms with Crippen LogP contribution in [0.2, 0.25) is 0 Å². The Bertz CT molecular complexity index is 1240. The van der Waals surface area contributed by atoms with Crippen molar-refractivity contribution >= 4 is 23.9 Å². The zero-order valence-electron chi connectivity index (χ0n) is 33.8. The van der Waals surface area contributed by atoms with Gasteiger partial charge in [-0.05, 0) is 118 Å². The zero-order valence-corrected chi connectivity index (χ0v) is 33.8. The van der Waals surface area contributed by atoms with Crippen LogP contribution in [-0.2, 0) is 28.6 Å². The van der Waals surface area contributed by atoms with Gasteiger partial charge >= 0.3 is 18.0 Å². The van der Waals surface area contributed by atoms with Crippen LogP contribution in [0.25, 0.3) is 0 Å². The number of hydrogen-bond donors (Lipinski definition) is 1. The molecule has 0 bridgehead atoms. The van der Waals surface area contributed by atoms with Gasteiger partial charge in [-0.2, -0.15) is 0 Å². The number of fused-ring (bicyclic) bond motifs is 5. The lowest BCUT2D eigenvalue weighted by molar-refractivity contribution is -0.150. The maximum atomic E-state index is 12.8. The summed E-state index contributed by atoms with van der Waals surface area (Å²) in [4.78, 5) is 50.8. The van der Waals surface area contributed by atoms with E-state index in [0.29, 0.717) is 18.4 Å². The van der Waals surface area contributed by atoms with Crippen molar-refractivity contribution in [3.8, 4) is 0 Å². The number of esters is 2. The van der Waals surface area contributed by atoms with Gasteiger partial charge in [0.2, 0.25) is 5.91 Å². The van der Waals surface area contributed by atoms with Gasteiger partial charge in [0, 0.05) is 27.4 Å². The van der Waals surface area contributed by atoms with E-state index in [2.05, 4.69) is 46.0 Å². The summed E-state index contributed by atoms with van der Waals surface area (Å²) in [5.74, 6) is 3.79. The lowest BCUT2D eigenvalue weighted by Crippen LogP contribution is -2.51. The van der Waals surface area contributed by atoms with Gasteiger partial charge in [-0.1, -0.05) is 72.0 Å².